The zero-order chi connectivity index (χ0) is 13.7. The van der Waals surface area contributed by atoms with Gasteiger partial charge in [-0.2, -0.15) is 0 Å². The van der Waals surface area contributed by atoms with Crippen LogP contribution in [0.4, 0.5) is 0 Å². The van der Waals surface area contributed by atoms with Crippen LogP contribution in [0.1, 0.15) is 50.4 Å². The topological polar surface area (TPSA) is 51.2 Å². The lowest BCUT2D eigenvalue weighted by Crippen LogP contribution is -2.36. The molecule has 1 atom stereocenters. The predicted molar refractivity (Wildman–Crippen MR) is 76.0 cm³/mol. The summed E-state index contributed by atoms with van der Waals surface area (Å²) in [6, 6.07) is 0.847. The van der Waals surface area contributed by atoms with E-state index in [9.17, 15) is 4.79 Å². The normalized spacial score (nSPS) is 24.9. The number of nitrogens with one attached hydrogen (secondary N) is 1. The van der Waals surface area contributed by atoms with E-state index in [4.69, 9.17) is 4.74 Å². The third-order valence-electron chi connectivity index (χ3n) is 3.71. The minimum absolute atomic E-state index is 0.0172. The van der Waals surface area contributed by atoms with Gasteiger partial charge >= 0.3 is 5.97 Å². The Bertz CT molecular complexity index is 386. The summed E-state index contributed by atoms with van der Waals surface area (Å²) in [6.07, 6.45) is 5.89. The molecule has 1 aliphatic carbocycles. The van der Waals surface area contributed by atoms with Gasteiger partial charge in [0.2, 0.25) is 0 Å². The second-order valence-electron chi connectivity index (χ2n) is 5.09. The minimum Gasteiger partial charge on any atom is -0.466 e. The average Bonchev–Trinajstić information content (AvgIpc) is 2.94. The van der Waals surface area contributed by atoms with Gasteiger partial charge in [-0.15, -0.1) is 11.3 Å². The molecule has 1 unspecified atom stereocenters. The molecule has 1 aliphatic rings. The molecule has 0 saturated heterocycles. The molecule has 1 aromatic heterocycles. The number of thiazole rings is 1. The van der Waals surface area contributed by atoms with Crippen molar-refractivity contribution in [3.8, 4) is 0 Å². The third kappa shape index (κ3) is 4.01. The van der Waals surface area contributed by atoms with Crippen LogP contribution in [0.25, 0.3) is 0 Å². The van der Waals surface area contributed by atoms with Crippen molar-refractivity contribution in [3.05, 3.63) is 16.6 Å². The maximum Gasteiger partial charge on any atom is 0.308 e. The molecule has 1 aromatic rings. The number of nitrogens with zero attached hydrogens (tertiary/aromatic N) is 1. The summed E-state index contributed by atoms with van der Waals surface area (Å²) in [5.74, 6) is 0.0909. The Morgan fingerprint density at radius 2 is 2.26 bits per heavy atom. The lowest BCUT2D eigenvalue weighted by Gasteiger charge is -2.29. The average molecular weight is 282 g/mol. The summed E-state index contributed by atoms with van der Waals surface area (Å²) in [4.78, 5) is 17.0. The van der Waals surface area contributed by atoms with Gasteiger partial charge in [0.1, 0.15) is 0 Å². The summed E-state index contributed by atoms with van der Waals surface area (Å²) in [5.41, 5.74) is 1.87. The summed E-state index contributed by atoms with van der Waals surface area (Å²) in [5, 5.41) is 3.63. The van der Waals surface area contributed by atoms with E-state index >= 15 is 0 Å². The van der Waals surface area contributed by atoms with Gasteiger partial charge in [0.05, 0.1) is 18.0 Å². The SMILES string of the molecule is CCOC(=O)C1CCC(NC(C)c2cncs2)CC1. The lowest BCUT2D eigenvalue weighted by atomic mass is 9.86. The number of hydrogen-bond donors (Lipinski definition) is 1. The summed E-state index contributed by atoms with van der Waals surface area (Å²) >= 11 is 1.68. The maximum absolute atomic E-state index is 11.7. The van der Waals surface area contributed by atoms with Gasteiger partial charge in [0.25, 0.3) is 0 Å². The van der Waals surface area contributed by atoms with Gasteiger partial charge in [-0.3, -0.25) is 9.78 Å². The Labute approximate surface area is 118 Å². The molecule has 1 saturated carbocycles. The van der Waals surface area contributed by atoms with Gasteiger partial charge in [0.15, 0.2) is 0 Å². The van der Waals surface area contributed by atoms with Crippen LogP contribution in [0.15, 0.2) is 11.7 Å². The van der Waals surface area contributed by atoms with Gasteiger partial charge < -0.3 is 10.1 Å². The van der Waals surface area contributed by atoms with Crippen LogP contribution >= 0.6 is 11.3 Å². The van der Waals surface area contributed by atoms with E-state index in [1.54, 1.807) is 11.3 Å². The highest BCUT2D eigenvalue weighted by Gasteiger charge is 2.27. The molecule has 4 nitrogen and oxygen atoms in total. The largest absolute Gasteiger partial charge is 0.466 e. The Morgan fingerprint density at radius 1 is 1.53 bits per heavy atom. The molecule has 106 valence electrons. The number of rotatable bonds is 5. The zero-order valence-electron chi connectivity index (χ0n) is 11.6. The van der Waals surface area contributed by atoms with E-state index in [1.165, 1.54) is 4.88 Å². The van der Waals surface area contributed by atoms with Crippen molar-refractivity contribution < 1.29 is 9.53 Å². The molecule has 19 heavy (non-hydrogen) atoms. The van der Waals surface area contributed by atoms with E-state index < -0.39 is 0 Å². The second kappa shape index (κ2) is 7.01. The van der Waals surface area contributed by atoms with E-state index in [2.05, 4.69) is 17.2 Å². The first-order valence-electron chi connectivity index (χ1n) is 7.01. The smallest absolute Gasteiger partial charge is 0.308 e. The van der Waals surface area contributed by atoms with E-state index in [0.29, 0.717) is 18.7 Å². The minimum atomic E-state index is -0.0172. The molecule has 0 aliphatic heterocycles. The fraction of sp³-hybridized carbons (Fsp3) is 0.714. The standard InChI is InChI=1S/C14H22N2O2S/c1-3-18-14(17)11-4-6-12(7-5-11)16-10(2)13-8-15-9-19-13/h8-12,16H,3-7H2,1-2H3. The van der Waals surface area contributed by atoms with Crippen LogP contribution in [0.5, 0.6) is 0 Å². The number of hydrogen-bond acceptors (Lipinski definition) is 5. The van der Waals surface area contributed by atoms with E-state index in [-0.39, 0.29) is 11.9 Å². The Balaban J connectivity index is 1.76. The molecular weight excluding hydrogens is 260 g/mol. The van der Waals surface area contributed by atoms with E-state index in [1.807, 2.05) is 18.6 Å². The molecule has 0 radical (unpaired) electrons. The van der Waals surface area contributed by atoms with Gasteiger partial charge in [-0.25, -0.2) is 0 Å². The Morgan fingerprint density at radius 3 is 2.84 bits per heavy atom. The highest BCUT2D eigenvalue weighted by molar-refractivity contribution is 7.09. The molecular formula is C14H22N2O2S. The fourth-order valence-electron chi connectivity index (χ4n) is 2.63. The van der Waals surface area contributed by atoms with Crippen LogP contribution < -0.4 is 5.32 Å². The summed E-state index contributed by atoms with van der Waals surface area (Å²) in [7, 11) is 0. The molecule has 1 fully saturated rings. The predicted octanol–water partition coefficient (Wildman–Crippen LogP) is 2.92. The van der Waals surface area contributed by atoms with Crippen molar-refractivity contribution in [2.24, 2.45) is 5.92 Å². The molecule has 5 heteroatoms. The van der Waals surface area contributed by atoms with Crippen molar-refractivity contribution >= 4 is 17.3 Å². The molecule has 1 heterocycles. The Kier molecular flexibility index (Phi) is 5.34. The number of carbonyl (C=O) groups is 1. The van der Waals surface area contributed by atoms with Crippen LogP contribution in [-0.2, 0) is 9.53 Å². The van der Waals surface area contributed by atoms with Crippen molar-refractivity contribution in [1.29, 1.82) is 0 Å². The van der Waals surface area contributed by atoms with Gasteiger partial charge in [-0.05, 0) is 39.5 Å². The number of ether oxygens (including phenoxy) is 1. The number of carbonyl (C=O) groups excluding carboxylic acids is 1. The third-order valence-corrected chi connectivity index (χ3v) is 4.67. The number of aromatic nitrogens is 1. The highest BCUT2D eigenvalue weighted by atomic mass is 32.1. The van der Waals surface area contributed by atoms with Crippen LogP contribution in [0.2, 0.25) is 0 Å². The monoisotopic (exact) mass is 282 g/mol. The lowest BCUT2D eigenvalue weighted by molar-refractivity contribution is -0.149. The fourth-order valence-corrected chi connectivity index (χ4v) is 3.27. The molecule has 0 spiro atoms. The van der Waals surface area contributed by atoms with Gasteiger partial charge in [-0.1, -0.05) is 0 Å². The van der Waals surface area contributed by atoms with Crippen molar-refractivity contribution in [2.75, 3.05) is 6.61 Å². The van der Waals surface area contributed by atoms with Crippen LogP contribution in [-0.4, -0.2) is 23.6 Å². The summed E-state index contributed by atoms with van der Waals surface area (Å²) < 4.78 is 5.09. The zero-order valence-corrected chi connectivity index (χ0v) is 12.4. The maximum atomic E-state index is 11.7. The van der Waals surface area contributed by atoms with Crippen LogP contribution in [0, 0.1) is 5.92 Å². The molecule has 2 rings (SSSR count). The first-order valence-corrected chi connectivity index (χ1v) is 7.89. The highest BCUT2D eigenvalue weighted by Crippen LogP contribution is 2.27. The quantitative estimate of drug-likeness (QED) is 0.844. The summed E-state index contributed by atoms with van der Waals surface area (Å²) in [6.45, 7) is 4.52. The second-order valence-corrected chi connectivity index (χ2v) is 6.01. The van der Waals surface area contributed by atoms with Gasteiger partial charge in [0, 0.05) is 23.2 Å². The van der Waals surface area contributed by atoms with Crippen molar-refractivity contribution in [3.63, 3.8) is 0 Å². The van der Waals surface area contributed by atoms with E-state index in [0.717, 1.165) is 25.7 Å². The van der Waals surface area contributed by atoms with Crippen molar-refractivity contribution in [1.82, 2.24) is 10.3 Å². The Hall–Kier alpha value is -0.940. The first-order chi connectivity index (χ1) is 9.20. The molecule has 0 amide bonds. The van der Waals surface area contributed by atoms with Crippen molar-refractivity contribution in [2.45, 2.75) is 51.6 Å². The first kappa shape index (κ1) is 14.5. The molecule has 0 aromatic carbocycles. The molecule has 1 N–H and O–H groups in total. The molecule has 0 bridgehead atoms. The van der Waals surface area contributed by atoms with Crippen LogP contribution in [0.3, 0.4) is 0 Å². The number of esters is 1.